The Bertz CT molecular complexity index is 330. The van der Waals surface area contributed by atoms with Crippen molar-refractivity contribution >= 4 is 0 Å². The highest BCUT2D eigenvalue weighted by atomic mass is 15.1. The van der Waals surface area contributed by atoms with Crippen LogP contribution < -0.4 is 5.73 Å². The lowest BCUT2D eigenvalue weighted by atomic mass is 9.82. The van der Waals surface area contributed by atoms with Crippen molar-refractivity contribution in [2.75, 3.05) is 0 Å². The normalized spacial score (nSPS) is 27.9. The summed E-state index contributed by atoms with van der Waals surface area (Å²) in [5.41, 5.74) is 7.18. The van der Waals surface area contributed by atoms with Crippen molar-refractivity contribution in [3.8, 4) is 0 Å². The van der Waals surface area contributed by atoms with Gasteiger partial charge in [0.2, 0.25) is 0 Å². The van der Waals surface area contributed by atoms with Crippen LogP contribution in [0.1, 0.15) is 63.7 Å². The molecule has 0 aliphatic heterocycles. The van der Waals surface area contributed by atoms with Crippen molar-refractivity contribution in [1.82, 2.24) is 9.55 Å². The van der Waals surface area contributed by atoms with Gasteiger partial charge in [-0.25, -0.2) is 4.98 Å². The molecule has 0 saturated heterocycles. The van der Waals surface area contributed by atoms with E-state index in [1.807, 2.05) is 19.4 Å². The van der Waals surface area contributed by atoms with Gasteiger partial charge in [-0.2, -0.15) is 0 Å². The first-order chi connectivity index (χ1) is 7.74. The number of imidazole rings is 1. The summed E-state index contributed by atoms with van der Waals surface area (Å²) in [7, 11) is 0. The Morgan fingerprint density at radius 2 is 2.25 bits per heavy atom. The van der Waals surface area contributed by atoms with Crippen molar-refractivity contribution in [2.45, 2.75) is 58.0 Å². The molecule has 1 heterocycles. The van der Waals surface area contributed by atoms with E-state index in [-0.39, 0.29) is 6.04 Å². The van der Waals surface area contributed by atoms with Gasteiger partial charge in [0.1, 0.15) is 0 Å². The standard InChI is InChI=1S/C13H23N3/c1-3-11-6-4-5-7-12(11)16-9-15-8-13(16)10(2)14/h8-12H,3-7,14H2,1-2H3/t10-,11?,12?/m1/s1. The monoisotopic (exact) mass is 221 g/mol. The second kappa shape index (κ2) is 5.00. The van der Waals surface area contributed by atoms with Crippen molar-refractivity contribution in [2.24, 2.45) is 11.7 Å². The lowest BCUT2D eigenvalue weighted by Crippen LogP contribution is -2.25. The highest BCUT2D eigenvalue weighted by molar-refractivity contribution is 5.06. The minimum Gasteiger partial charge on any atom is -0.330 e. The molecule has 2 unspecified atom stereocenters. The SMILES string of the molecule is CCC1CCCCC1n1cncc1[C@@H](C)N. The first kappa shape index (κ1) is 11.6. The molecular weight excluding hydrogens is 198 g/mol. The van der Waals surface area contributed by atoms with Crippen LogP contribution in [0.5, 0.6) is 0 Å². The predicted molar refractivity (Wildman–Crippen MR) is 66.1 cm³/mol. The molecule has 0 amide bonds. The minimum atomic E-state index is 0.0851. The highest BCUT2D eigenvalue weighted by Crippen LogP contribution is 2.37. The zero-order valence-electron chi connectivity index (χ0n) is 10.4. The summed E-state index contributed by atoms with van der Waals surface area (Å²) in [6, 6.07) is 0.712. The molecule has 3 nitrogen and oxygen atoms in total. The van der Waals surface area contributed by atoms with E-state index in [9.17, 15) is 0 Å². The van der Waals surface area contributed by atoms with Crippen molar-refractivity contribution in [1.29, 1.82) is 0 Å². The van der Waals surface area contributed by atoms with E-state index in [0.717, 1.165) is 5.92 Å². The maximum absolute atomic E-state index is 5.99. The highest BCUT2D eigenvalue weighted by Gasteiger charge is 2.26. The summed E-state index contributed by atoms with van der Waals surface area (Å²) < 4.78 is 2.33. The van der Waals surface area contributed by atoms with Gasteiger partial charge in [-0.15, -0.1) is 0 Å². The maximum Gasteiger partial charge on any atom is 0.0951 e. The van der Waals surface area contributed by atoms with Crippen LogP contribution in [0.25, 0.3) is 0 Å². The Morgan fingerprint density at radius 1 is 1.50 bits per heavy atom. The van der Waals surface area contributed by atoms with Gasteiger partial charge < -0.3 is 10.3 Å². The summed E-state index contributed by atoms with van der Waals surface area (Å²) in [6.45, 7) is 4.34. The molecule has 0 radical (unpaired) electrons. The lowest BCUT2D eigenvalue weighted by molar-refractivity contribution is 0.227. The van der Waals surface area contributed by atoms with E-state index in [1.165, 1.54) is 37.8 Å². The van der Waals surface area contributed by atoms with Crippen molar-refractivity contribution < 1.29 is 0 Å². The molecule has 2 N–H and O–H groups in total. The topological polar surface area (TPSA) is 43.8 Å². The van der Waals surface area contributed by atoms with Crippen LogP contribution in [0.4, 0.5) is 0 Å². The van der Waals surface area contributed by atoms with Gasteiger partial charge in [0.15, 0.2) is 0 Å². The van der Waals surface area contributed by atoms with E-state index < -0.39 is 0 Å². The largest absolute Gasteiger partial charge is 0.330 e. The van der Waals surface area contributed by atoms with Crippen LogP contribution in [0.2, 0.25) is 0 Å². The summed E-state index contributed by atoms with van der Waals surface area (Å²) in [6.07, 6.45) is 10.5. The molecule has 0 spiro atoms. The summed E-state index contributed by atoms with van der Waals surface area (Å²) in [4.78, 5) is 4.27. The van der Waals surface area contributed by atoms with Gasteiger partial charge >= 0.3 is 0 Å². The predicted octanol–water partition coefficient (Wildman–Crippen LogP) is 3.04. The van der Waals surface area contributed by atoms with Crippen LogP contribution in [-0.2, 0) is 0 Å². The summed E-state index contributed by atoms with van der Waals surface area (Å²) >= 11 is 0. The average molecular weight is 221 g/mol. The zero-order valence-corrected chi connectivity index (χ0v) is 10.4. The van der Waals surface area contributed by atoms with Crippen LogP contribution in [0.3, 0.4) is 0 Å². The molecule has 1 aliphatic carbocycles. The molecule has 3 atom stereocenters. The number of nitrogens with two attached hydrogens (primary N) is 1. The molecule has 1 aromatic rings. The summed E-state index contributed by atoms with van der Waals surface area (Å²) in [5, 5.41) is 0. The quantitative estimate of drug-likeness (QED) is 0.852. The molecule has 1 aliphatic rings. The molecule has 0 aromatic carbocycles. The molecule has 1 fully saturated rings. The third-order valence-electron chi connectivity index (χ3n) is 3.91. The second-order valence-electron chi connectivity index (χ2n) is 5.03. The van der Waals surface area contributed by atoms with E-state index in [1.54, 1.807) is 0 Å². The van der Waals surface area contributed by atoms with Crippen LogP contribution >= 0.6 is 0 Å². The Balaban J connectivity index is 2.23. The third-order valence-corrected chi connectivity index (χ3v) is 3.91. The summed E-state index contributed by atoms with van der Waals surface area (Å²) in [5.74, 6) is 0.806. The second-order valence-corrected chi connectivity index (χ2v) is 5.03. The van der Waals surface area contributed by atoms with E-state index in [4.69, 9.17) is 5.73 Å². The number of aromatic nitrogens is 2. The molecule has 90 valence electrons. The number of hydrogen-bond donors (Lipinski definition) is 1. The van der Waals surface area contributed by atoms with E-state index in [0.29, 0.717) is 6.04 Å². The first-order valence-electron chi connectivity index (χ1n) is 6.51. The van der Waals surface area contributed by atoms with Gasteiger partial charge in [-0.1, -0.05) is 26.2 Å². The first-order valence-corrected chi connectivity index (χ1v) is 6.51. The minimum absolute atomic E-state index is 0.0851. The fraction of sp³-hybridized carbons (Fsp3) is 0.769. The molecule has 16 heavy (non-hydrogen) atoms. The number of rotatable bonds is 3. The molecular formula is C13H23N3. The third kappa shape index (κ3) is 2.14. The van der Waals surface area contributed by atoms with Crippen LogP contribution in [0, 0.1) is 5.92 Å². The Kier molecular flexibility index (Phi) is 3.64. The lowest BCUT2D eigenvalue weighted by Gasteiger charge is -2.33. The molecule has 1 saturated carbocycles. The fourth-order valence-corrected chi connectivity index (χ4v) is 2.98. The molecule has 3 heteroatoms. The van der Waals surface area contributed by atoms with Gasteiger partial charge in [0.05, 0.1) is 12.0 Å². The van der Waals surface area contributed by atoms with E-state index in [2.05, 4.69) is 16.5 Å². The van der Waals surface area contributed by atoms with E-state index >= 15 is 0 Å². The molecule has 0 bridgehead atoms. The maximum atomic E-state index is 5.99. The van der Waals surface area contributed by atoms with Crippen molar-refractivity contribution in [3.63, 3.8) is 0 Å². The smallest absolute Gasteiger partial charge is 0.0951 e. The van der Waals surface area contributed by atoms with Crippen LogP contribution in [-0.4, -0.2) is 9.55 Å². The Morgan fingerprint density at radius 3 is 2.94 bits per heavy atom. The molecule has 1 aromatic heterocycles. The average Bonchev–Trinajstić information content (AvgIpc) is 2.77. The number of nitrogens with zero attached hydrogens (tertiary/aromatic N) is 2. The van der Waals surface area contributed by atoms with Crippen molar-refractivity contribution in [3.05, 3.63) is 18.2 Å². The van der Waals surface area contributed by atoms with Gasteiger partial charge in [0.25, 0.3) is 0 Å². The van der Waals surface area contributed by atoms with Gasteiger partial charge in [0, 0.05) is 18.3 Å². The van der Waals surface area contributed by atoms with Gasteiger partial charge in [-0.3, -0.25) is 0 Å². The zero-order chi connectivity index (χ0) is 11.5. The van der Waals surface area contributed by atoms with Crippen LogP contribution in [0.15, 0.2) is 12.5 Å². The molecule has 2 rings (SSSR count). The van der Waals surface area contributed by atoms with Gasteiger partial charge in [-0.05, 0) is 25.7 Å². The Hall–Kier alpha value is -0.830. The fourth-order valence-electron chi connectivity index (χ4n) is 2.98. The Labute approximate surface area is 98.1 Å². The number of hydrogen-bond acceptors (Lipinski definition) is 2.